The van der Waals surface area contributed by atoms with Gasteiger partial charge in [-0.3, -0.25) is 4.79 Å². The molecule has 0 aromatic heterocycles. The highest BCUT2D eigenvalue weighted by Gasteiger charge is 2.35. The summed E-state index contributed by atoms with van der Waals surface area (Å²) < 4.78 is 33.0. The van der Waals surface area contributed by atoms with Crippen molar-refractivity contribution in [2.45, 2.75) is 81.2 Å². The van der Waals surface area contributed by atoms with E-state index < -0.39 is 10.0 Å². The fraction of sp³-hybridized carbons (Fsp3) is 0.667. The number of carbonyl (C=O) groups excluding carboxylic acids is 1. The van der Waals surface area contributed by atoms with Crippen LogP contribution >= 0.6 is 0 Å². The minimum atomic E-state index is -3.62. The molecule has 1 N–H and O–H groups in total. The van der Waals surface area contributed by atoms with Crippen LogP contribution in [0.4, 0.5) is 0 Å². The molecule has 2 fully saturated rings. The van der Waals surface area contributed by atoms with Gasteiger partial charge in [0.25, 0.3) is 0 Å². The maximum atomic E-state index is 13.2. The van der Waals surface area contributed by atoms with E-state index in [1.165, 1.54) is 17.1 Å². The lowest BCUT2D eigenvalue weighted by molar-refractivity contribution is -0.122. The van der Waals surface area contributed by atoms with Gasteiger partial charge < -0.3 is 10.1 Å². The molecule has 1 aliphatic heterocycles. The summed E-state index contributed by atoms with van der Waals surface area (Å²) in [6.45, 7) is 0.468. The first-order valence-corrected chi connectivity index (χ1v) is 11.9. The Labute approximate surface area is 168 Å². The van der Waals surface area contributed by atoms with Crippen LogP contribution in [-0.4, -0.2) is 44.4 Å². The molecular formula is C21H32N2O4S. The standard InChI is InChI=1S/C21H32N2O4S/c1-27-19-11-13-20(14-12-19)28(25,26)23-15-7-6-10-18(23)16-21(24)22-17-8-4-2-3-5-9-17/h11-14,17-18H,2-10,15-16H2,1H3,(H,22,24)/t18-/m1/s1. The summed E-state index contributed by atoms with van der Waals surface area (Å²) in [7, 11) is -2.07. The van der Waals surface area contributed by atoms with E-state index >= 15 is 0 Å². The Morgan fingerprint density at radius 3 is 2.32 bits per heavy atom. The third-order valence-electron chi connectivity index (χ3n) is 5.88. The molecule has 0 radical (unpaired) electrons. The van der Waals surface area contributed by atoms with Gasteiger partial charge in [-0.25, -0.2) is 8.42 Å². The predicted molar refractivity (Wildman–Crippen MR) is 109 cm³/mol. The van der Waals surface area contributed by atoms with Gasteiger partial charge in [-0.1, -0.05) is 32.1 Å². The molecule has 6 nitrogen and oxygen atoms in total. The highest BCUT2D eigenvalue weighted by Crippen LogP contribution is 2.28. The van der Waals surface area contributed by atoms with E-state index in [4.69, 9.17) is 4.74 Å². The second kappa shape index (κ2) is 9.74. The number of rotatable bonds is 6. The zero-order valence-corrected chi connectivity index (χ0v) is 17.5. The van der Waals surface area contributed by atoms with Gasteiger partial charge in [-0.15, -0.1) is 0 Å². The molecule has 7 heteroatoms. The molecule has 0 bridgehead atoms. The van der Waals surface area contributed by atoms with Crippen molar-refractivity contribution < 1.29 is 17.9 Å². The Morgan fingerprint density at radius 2 is 1.68 bits per heavy atom. The van der Waals surface area contributed by atoms with Crippen molar-refractivity contribution in [1.29, 1.82) is 0 Å². The van der Waals surface area contributed by atoms with Crippen molar-refractivity contribution in [2.24, 2.45) is 0 Å². The first kappa shape index (κ1) is 21.1. The maximum Gasteiger partial charge on any atom is 0.243 e. The zero-order valence-electron chi connectivity index (χ0n) is 16.7. The van der Waals surface area contributed by atoms with Crippen molar-refractivity contribution in [1.82, 2.24) is 9.62 Å². The first-order valence-electron chi connectivity index (χ1n) is 10.5. The van der Waals surface area contributed by atoms with Crippen molar-refractivity contribution >= 4 is 15.9 Å². The van der Waals surface area contributed by atoms with E-state index in [-0.39, 0.29) is 29.3 Å². The molecule has 1 saturated carbocycles. The summed E-state index contributed by atoms with van der Waals surface area (Å²) in [6.07, 6.45) is 9.62. The second-order valence-electron chi connectivity index (χ2n) is 7.90. The molecule has 1 saturated heterocycles. The van der Waals surface area contributed by atoms with Crippen LogP contribution in [0, 0.1) is 0 Å². The van der Waals surface area contributed by atoms with Crippen LogP contribution in [0.15, 0.2) is 29.2 Å². The molecule has 156 valence electrons. The molecule has 1 amide bonds. The Hall–Kier alpha value is -1.60. The van der Waals surface area contributed by atoms with Crippen molar-refractivity contribution in [2.75, 3.05) is 13.7 Å². The fourth-order valence-corrected chi connectivity index (χ4v) is 5.99. The lowest BCUT2D eigenvalue weighted by Gasteiger charge is -2.34. The Balaban J connectivity index is 1.67. The van der Waals surface area contributed by atoms with Crippen LogP contribution in [0.1, 0.15) is 64.2 Å². The van der Waals surface area contributed by atoms with Gasteiger partial charge in [-0.05, 0) is 49.9 Å². The maximum absolute atomic E-state index is 13.2. The number of hydrogen-bond donors (Lipinski definition) is 1. The van der Waals surface area contributed by atoms with Gasteiger partial charge in [0.15, 0.2) is 0 Å². The summed E-state index contributed by atoms with van der Waals surface area (Å²) in [5.74, 6) is 0.602. The number of hydrogen-bond acceptors (Lipinski definition) is 4. The number of amides is 1. The Bertz CT molecular complexity index is 740. The summed E-state index contributed by atoms with van der Waals surface area (Å²) in [6, 6.07) is 6.43. The normalized spacial score (nSPS) is 22.4. The van der Waals surface area contributed by atoms with Gasteiger partial charge in [0.1, 0.15) is 5.75 Å². The number of nitrogens with one attached hydrogen (secondary N) is 1. The van der Waals surface area contributed by atoms with E-state index in [0.717, 1.165) is 44.9 Å². The molecule has 0 unspecified atom stereocenters. The molecule has 1 aromatic rings. The molecule has 1 atom stereocenters. The topological polar surface area (TPSA) is 75.7 Å². The quantitative estimate of drug-likeness (QED) is 0.732. The minimum absolute atomic E-state index is 0.0197. The molecule has 28 heavy (non-hydrogen) atoms. The summed E-state index contributed by atoms with van der Waals surface area (Å²) in [5.41, 5.74) is 0. The zero-order chi connectivity index (χ0) is 20.0. The van der Waals surface area contributed by atoms with E-state index in [2.05, 4.69) is 5.32 Å². The molecular weight excluding hydrogens is 376 g/mol. The Kier molecular flexibility index (Phi) is 7.35. The average molecular weight is 409 g/mol. The predicted octanol–water partition coefficient (Wildman–Crippen LogP) is 3.47. The van der Waals surface area contributed by atoms with E-state index in [0.29, 0.717) is 12.3 Å². The molecule has 1 heterocycles. The second-order valence-corrected chi connectivity index (χ2v) is 9.79. The molecule has 2 aliphatic rings. The Morgan fingerprint density at radius 1 is 1.04 bits per heavy atom. The number of ether oxygens (including phenoxy) is 1. The van der Waals surface area contributed by atoms with Gasteiger partial charge >= 0.3 is 0 Å². The van der Waals surface area contributed by atoms with Crippen LogP contribution in [0.5, 0.6) is 5.75 Å². The largest absolute Gasteiger partial charge is 0.497 e. The average Bonchev–Trinajstić information content (AvgIpc) is 2.97. The number of nitrogens with zero attached hydrogens (tertiary/aromatic N) is 1. The smallest absolute Gasteiger partial charge is 0.243 e. The van der Waals surface area contributed by atoms with E-state index in [1.54, 1.807) is 31.4 Å². The number of benzene rings is 1. The SMILES string of the molecule is COc1ccc(S(=O)(=O)N2CCCC[C@@H]2CC(=O)NC2CCCCCC2)cc1. The van der Waals surface area contributed by atoms with Crippen LogP contribution in [0.2, 0.25) is 0 Å². The van der Waals surface area contributed by atoms with Gasteiger partial charge in [-0.2, -0.15) is 4.31 Å². The summed E-state index contributed by atoms with van der Waals surface area (Å²) in [5, 5.41) is 3.16. The number of carbonyl (C=O) groups is 1. The third-order valence-corrected chi connectivity index (χ3v) is 7.85. The summed E-state index contributed by atoms with van der Waals surface area (Å²) in [4.78, 5) is 12.9. The third kappa shape index (κ3) is 5.26. The lowest BCUT2D eigenvalue weighted by Crippen LogP contribution is -2.47. The van der Waals surface area contributed by atoms with E-state index in [9.17, 15) is 13.2 Å². The van der Waals surface area contributed by atoms with Crippen LogP contribution in [0.3, 0.4) is 0 Å². The lowest BCUT2D eigenvalue weighted by atomic mass is 10.0. The summed E-state index contributed by atoms with van der Waals surface area (Å²) >= 11 is 0. The fourth-order valence-electron chi connectivity index (χ4n) is 4.30. The van der Waals surface area contributed by atoms with Crippen molar-refractivity contribution in [3.63, 3.8) is 0 Å². The number of sulfonamides is 1. The highest BCUT2D eigenvalue weighted by atomic mass is 32.2. The van der Waals surface area contributed by atoms with Crippen LogP contribution in [0.25, 0.3) is 0 Å². The van der Waals surface area contributed by atoms with Crippen molar-refractivity contribution in [3.05, 3.63) is 24.3 Å². The molecule has 0 spiro atoms. The van der Waals surface area contributed by atoms with Gasteiger partial charge in [0, 0.05) is 25.0 Å². The molecule has 3 rings (SSSR count). The van der Waals surface area contributed by atoms with Crippen LogP contribution in [-0.2, 0) is 14.8 Å². The molecule has 1 aromatic carbocycles. The molecule has 1 aliphatic carbocycles. The monoisotopic (exact) mass is 408 g/mol. The van der Waals surface area contributed by atoms with Crippen molar-refractivity contribution in [3.8, 4) is 5.75 Å². The van der Waals surface area contributed by atoms with E-state index in [1.807, 2.05) is 0 Å². The van der Waals surface area contributed by atoms with Gasteiger partial charge in [0.05, 0.1) is 12.0 Å². The minimum Gasteiger partial charge on any atom is -0.497 e. The van der Waals surface area contributed by atoms with Crippen LogP contribution < -0.4 is 10.1 Å². The first-order chi connectivity index (χ1) is 13.5. The number of methoxy groups -OCH3 is 1. The highest BCUT2D eigenvalue weighted by molar-refractivity contribution is 7.89. The number of piperidine rings is 1. The van der Waals surface area contributed by atoms with Gasteiger partial charge in [0.2, 0.25) is 15.9 Å².